The number of methoxy groups -OCH3 is 1. The van der Waals surface area contributed by atoms with Gasteiger partial charge in [-0.15, -0.1) is 0 Å². The maximum Gasteiger partial charge on any atom is 0.115 e. The zero-order valence-electron chi connectivity index (χ0n) is 11.9. The van der Waals surface area contributed by atoms with Gasteiger partial charge in [-0.25, -0.2) is 0 Å². The van der Waals surface area contributed by atoms with Gasteiger partial charge in [0.05, 0.1) is 12.9 Å². The lowest BCUT2D eigenvalue weighted by Gasteiger charge is -2.32. The third kappa shape index (κ3) is 2.73. The molecule has 106 valence electrons. The second kappa shape index (κ2) is 5.71. The summed E-state index contributed by atoms with van der Waals surface area (Å²) in [4.78, 5) is 0. The molecule has 0 bridgehead atoms. The molecule has 1 heterocycles. The molecule has 0 fully saturated rings. The Labute approximate surface area is 120 Å². The van der Waals surface area contributed by atoms with Gasteiger partial charge >= 0.3 is 0 Å². The van der Waals surface area contributed by atoms with Crippen LogP contribution in [-0.4, -0.2) is 24.8 Å². The topological polar surface area (TPSA) is 41.5 Å². The first-order valence-electron chi connectivity index (χ1n) is 7.21. The predicted octanol–water partition coefficient (Wildman–Crippen LogP) is 2.92. The summed E-state index contributed by atoms with van der Waals surface area (Å²) in [5.74, 6) is 1.44. The minimum absolute atomic E-state index is 0.345. The fourth-order valence-electron chi connectivity index (χ4n) is 3.19. The number of ether oxygens (including phenoxy) is 1. The van der Waals surface area contributed by atoms with Crippen molar-refractivity contribution in [1.82, 2.24) is 5.32 Å². The van der Waals surface area contributed by atoms with Gasteiger partial charge < -0.3 is 15.2 Å². The number of hydrogen-bond acceptors (Lipinski definition) is 3. The quantitative estimate of drug-likeness (QED) is 0.831. The Morgan fingerprint density at radius 1 is 1.40 bits per heavy atom. The summed E-state index contributed by atoms with van der Waals surface area (Å²) in [5, 5.41) is 13.2. The first-order chi connectivity index (χ1) is 9.76. The fraction of sp³-hybridized carbons (Fsp3) is 0.412. The molecule has 0 aromatic heterocycles. The molecular weight excluding hydrogens is 250 g/mol. The van der Waals surface area contributed by atoms with E-state index in [1.54, 1.807) is 13.2 Å². The molecule has 0 saturated heterocycles. The smallest absolute Gasteiger partial charge is 0.115 e. The average Bonchev–Trinajstić information content (AvgIpc) is 2.47. The van der Waals surface area contributed by atoms with E-state index in [1.807, 2.05) is 12.1 Å². The van der Waals surface area contributed by atoms with Crippen LogP contribution in [-0.2, 0) is 11.2 Å². The monoisotopic (exact) mass is 271 g/mol. The van der Waals surface area contributed by atoms with Gasteiger partial charge in [0.1, 0.15) is 5.75 Å². The van der Waals surface area contributed by atoms with Gasteiger partial charge in [0.15, 0.2) is 0 Å². The van der Waals surface area contributed by atoms with Crippen molar-refractivity contribution in [3.05, 3.63) is 52.8 Å². The highest BCUT2D eigenvalue weighted by molar-refractivity contribution is 5.35. The van der Waals surface area contributed by atoms with Gasteiger partial charge in [-0.1, -0.05) is 17.7 Å². The van der Waals surface area contributed by atoms with Gasteiger partial charge in [-0.2, -0.15) is 0 Å². The van der Waals surface area contributed by atoms with Crippen molar-refractivity contribution in [2.75, 3.05) is 13.7 Å². The van der Waals surface area contributed by atoms with E-state index in [2.05, 4.69) is 17.5 Å². The Balaban J connectivity index is 1.77. The van der Waals surface area contributed by atoms with E-state index >= 15 is 0 Å². The highest BCUT2D eigenvalue weighted by atomic mass is 16.5. The fourth-order valence-corrected chi connectivity index (χ4v) is 3.19. The molecule has 1 atom stereocenters. The number of hydrogen-bond donors (Lipinski definition) is 2. The van der Waals surface area contributed by atoms with Crippen LogP contribution in [0.2, 0.25) is 0 Å². The Hall–Kier alpha value is -1.74. The van der Waals surface area contributed by atoms with Crippen molar-refractivity contribution >= 4 is 0 Å². The minimum atomic E-state index is 0.345. The molecule has 3 rings (SSSR count). The summed E-state index contributed by atoms with van der Waals surface area (Å²) < 4.78 is 5.38. The van der Waals surface area contributed by atoms with Crippen molar-refractivity contribution < 1.29 is 9.84 Å². The summed E-state index contributed by atoms with van der Waals surface area (Å²) in [6, 6.07) is 7.95. The maximum atomic E-state index is 9.58. The van der Waals surface area contributed by atoms with Crippen molar-refractivity contribution in [2.24, 2.45) is 0 Å². The molecule has 1 aliphatic carbocycles. The lowest BCUT2D eigenvalue weighted by Crippen LogP contribution is -2.39. The largest absolute Gasteiger partial charge is 0.508 e. The molecule has 3 heteroatoms. The van der Waals surface area contributed by atoms with Gasteiger partial charge in [-0.05, 0) is 55.2 Å². The van der Waals surface area contributed by atoms with Crippen LogP contribution in [0.15, 0.2) is 47.2 Å². The molecule has 1 unspecified atom stereocenters. The van der Waals surface area contributed by atoms with E-state index in [0.29, 0.717) is 11.8 Å². The molecule has 2 aliphatic rings. The third-order valence-corrected chi connectivity index (χ3v) is 4.24. The summed E-state index contributed by atoms with van der Waals surface area (Å²) in [7, 11) is 1.75. The molecule has 2 N–H and O–H groups in total. The van der Waals surface area contributed by atoms with Crippen molar-refractivity contribution in [3.63, 3.8) is 0 Å². The number of allylic oxidation sites excluding steroid dienone is 2. The first kappa shape index (κ1) is 13.3. The molecule has 1 aromatic carbocycles. The van der Waals surface area contributed by atoms with E-state index < -0.39 is 0 Å². The number of phenolic OH excluding ortho intramolecular Hbond substituents is 1. The molecule has 0 spiro atoms. The molecule has 1 aliphatic heterocycles. The van der Waals surface area contributed by atoms with Crippen LogP contribution in [0.25, 0.3) is 0 Å². The zero-order chi connectivity index (χ0) is 13.9. The van der Waals surface area contributed by atoms with E-state index in [9.17, 15) is 5.11 Å². The Kier molecular flexibility index (Phi) is 3.79. The normalized spacial score (nSPS) is 22.2. The van der Waals surface area contributed by atoms with Gasteiger partial charge in [0.25, 0.3) is 0 Å². The van der Waals surface area contributed by atoms with Crippen LogP contribution in [0.3, 0.4) is 0 Å². The second-order valence-electron chi connectivity index (χ2n) is 5.51. The number of phenols is 1. The summed E-state index contributed by atoms with van der Waals surface area (Å²) in [6.07, 6.45) is 6.19. The lowest BCUT2D eigenvalue weighted by molar-refractivity contribution is 0.276. The first-order valence-corrected chi connectivity index (χ1v) is 7.21. The van der Waals surface area contributed by atoms with Gasteiger partial charge in [-0.3, -0.25) is 0 Å². The summed E-state index contributed by atoms with van der Waals surface area (Å²) in [6.45, 7) is 1.03. The SMILES string of the molecule is COC1=CCC2=C(CCNC2Cc2cccc(O)c2)C1. The van der Waals surface area contributed by atoms with Crippen LogP contribution in [0, 0.1) is 0 Å². The third-order valence-electron chi connectivity index (χ3n) is 4.24. The molecule has 1 aromatic rings. The second-order valence-corrected chi connectivity index (χ2v) is 5.51. The number of rotatable bonds is 3. The van der Waals surface area contributed by atoms with E-state index in [4.69, 9.17) is 4.74 Å². The van der Waals surface area contributed by atoms with Crippen molar-refractivity contribution in [2.45, 2.75) is 31.7 Å². The predicted molar refractivity (Wildman–Crippen MR) is 79.6 cm³/mol. The number of nitrogens with one attached hydrogen (secondary N) is 1. The molecule has 20 heavy (non-hydrogen) atoms. The highest BCUT2D eigenvalue weighted by Crippen LogP contribution is 2.32. The van der Waals surface area contributed by atoms with E-state index in [-0.39, 0.29) is 0 Å². The van der Waals surface area contributed by atoms with Crippen LogP contribution in [0.4, 0.5) is 0 Å². The lowest BCUT2D eigenvalue weighted by atomic mass is 9.84. The summed E-state index contributed by atoms with van der Waals surface area (Å²) in [5.41, 5.74) is 4.23. The highest BCUT2D eigenvalue weighted by Gasteiger charge is 2.25. The molecule has 3 nitrogen and oxygen atoms in total. The standard InChI is InChI=1S/C17H21NO2/c1-20-15-5-6-16-13(11-15)7-8-18-17(16)10-12-3-2-4-14(19)9-12/h2-5,9,17-19H,6-8,10-11H2,1H3. The van der Waals surface area contributed by atoms with Crippen molar-refractivity contribution in [1.29, 1.82) is 0 Å². The van der Waals surface area contributed by atoms with Crippen LogP contribution in [0.5, 0.6) is 5.75 Å². The Morgan fingerprint density at radius 2 is 2.30 bits per heavy atom. The molecule has 0 radical (unpaired) electrons. The average molecular weight is 271 g/mol. The maximum absolute atomic E-state index is 9.58. The Morgan fingerprint density at radius 3 is 3.10 bits per heavy atom. The molecule has 0 amide bonds. The van der Waals surface area contributed by atoms with Crippen LogP contribution >= 0.6 is 0 Å². The van der Waals surface area contributed by atoms with Crippen LogP contribution in [0.1, 0.15) is 24.8 Å². The van der Waals surface area contributed by atoms with E-state index in [0.717, 1.165) is 38.0 Å². The van der Waals surface area contributed by atoms with Gasteiger partial charge in [0.2, 0.25) is 0 Å². The van der Waals surface area contributed by atoms with E-state index in [1.165, 1.54) is 16.7 Å². The summed E-state index contributed by atoms with van der Waals surface area (Å²) >= 11 is 0. The molecule has 0 saturated carbocycles. The number of benzene rings is 1. The van der Waals surface area contributed by atoms with Crippen LogP contribution < -0.4 is 5.32 Å². The van der Waals surface area contributed by atoms with Crippen molar-refractivity contribution in [3.8, 4) is 5.75 Å². The minimum Gasteiger partial charge on any atom is -0.508 e. The van der Waals surface area contributed by atoms with Gasteiger partial charge in [0, 0.05) is 12.5 Å². The Bertz CT molecular complexity index is 560. The zero-order valence-corrected chi connectivity index (χ0v) is 11.9. The molecular formula is C17H21NO2. The number of aromatic hydroxyl groups is 1.